The third-order valence-electron chi connectivity index (χ3n) is 2.31. The summed E-state index contributed by atoms with van der Waals surface area (Å²) < 4.78 is 0. The number of rotatable bonds is 3. The van der Waals surface area contributed by atoms with E-state index in [4.69, 9.17) is 0 Å². The first kappa shape index (κ1) is 8.79. The van der Waals surface area contributed by atoms with Gasteiger partial charge < -0.3 is 5.32 Å². The molecule has 0 saturated carbocycles. The van der Waals surface area contributed by atoms with Gasteiger partial charge in [-0.25, -0.2) is 0 Å². The molecular formula is C10H18N. The van der Waals surface area contributed by atoms with Crippen molar-refractivity contribution in [3.05, 3.63) is 19.1 Å². The van der Waals surface area contributed by atoms with Crippen LogP contribution in [0.15, 0.2) is 12.2 Å². The molecule has 1 atom stereocenters. The van der Waals surface area contributed by atoms with Crippen LogP contribution < -0.4 is 5.32 Å². The van der Waals surface area contributed by atoms with Crippen LogP contribution in [-0.4, -0.2) is 13.1 Å². The number of piperidine rings is 1. The van der Waals surface area contributed by atoms with Gasteiger partial charge in [-0.2, -0.15) is 0 Å². The van der Waals surface area contributed by atoms with Crippen molar-refractivity contribution >= 4 is 0 Å². The van der Waals surface area contributed by atoms with E-state index < -0.39 is 0 Å². The van der Waals surface area contributed by atoms with Gasteiger partial charge in [0.1, 0.15) is 0 Å². The summed E-state index contributed by atoms with van der Waals surface area (Å²) in [7, 11) is 0. The highest BCUT2D eigenvalue weighted by Crippen LogP contribution is 2.15. The van der Waals surface area contributed by atoms with E-state index in [1.54, 1.807) is 0 Å². The predicted octanol–water partition coefficient (Wildman–Crippen LogP) is 2.16. The van der Waals surface area contributed by atoms with Crippen LogP contribution in [0.4, 0.5) is 0 Å². The molecule has 0 amide bonds. The first-order chi connectivity index (χ1) is 5.43. The maximum atomic E-state index is 3.67. The molecule has 1 aliphatic rings. The average molecular weight is 152 g/mol. The quantitative estimate of drug-likeness (QED) is 0.653. The lowest BCUT2D eigenvalue weighted by atomic mass is 9.95. The fraction of sp³-hybridized carbons (Fsp3) is 0.700. The standard InChI is InChI=1S/C10H18N/c1-2-3-4-6-10-7-5-8-11-9-10/h2-3,10-11H,1,4-9H2. The van der Waals surface area contributed by atoms with Crippen LogP contribution in [0.2, 0.25) is 0 Å². The Labute approximate surface area is 69.9 Å². The summed E-state index contributed by atoms with van der Waals surface area (Å²) in [6.07, 6.45) is 9.37. The molecule has 1 saturated heterocycles. The normalized spacial score (nSPS) is 26.1. The van der Waals surface area contributed by atoms with Gasteiger partial charge in [0, 0.05) is 0 Å². The molecule has 1 radical (unpaired) electrons. The zero-order valence-corrected chi connectivity index (χ0v) is 7.18. The van der Waals surface area contributed by atoms with Crippen molar-refractivity contribution < 1.29 is 0 Å². The summed E-state index contributed by atoms with van der Waals surface area (Å²) >= 11 is 0. The average Bonchev–Trinajstić information content (AvgIpc) is 2.07. The van der Waals surface area contributed by atoms with Crippen molar-refractivity contribution in [2.75, 3.05) is 13.1 Å². The number of hydrogen-bond acceptors (Lipinski definition) is 1. The molecule has 63 valence electrons. The molecule has 0 aliphatic carbocycles. The highest BCUT2D eigenvalue weighted by atomic mass is 14.9. The Morgan fingerprint density at radius 3 is 3.09 bits per heavy atom. The van der Waals surface area contributed by atoms with Crippen molar-refractivity contribution in [2.45, 2.75) is 25.7 Å². The van der Waals surface area contributed by atoms with Gasteiger partial charge in [0.15, 0.2) is 0 Å². The molecule has 0 aromatic rings. The number of allylic oxidation sites excluding steroid dienone is 2. The lowest BCUT2D eigenvalue weighted by Gasteiger charge is -2.21. The smallest absolute Gasteiger partial charge is 0.00204 e. The van der Waals surface area contributed by atoms with Gasteiger partial charge in [-0.05, 0) is 51.6 Å². The minimum Gasteiger partial charge on any atom is -0.316 e. The molecule has 11 heavy (non-hydrogen) atoms. The monoisotopic (exact) mass is 152 g/mol. The van der Waals surface area contributed by atoms with E-state index in [1.165, 1.54) is 38.8 Å². The van der Waals surface area contributed by atoms with E-state index in [0.29, 0.717) is 0 Å². The van der Waals surface area contributed by atoms with Crippen LogP contribution in [-0.2, 0) is 0 Å². The second-order valence-corrected chi connectivity index (χ2v) is 3.26. The van der Waals surface area contributed by atoms with E-state index in [0.717, 1.165) is 5.92 Å². The van der Waals surface area contributed by atoms with Crippen LogP contribution in [0.25, 0.3) is 0 Å². The maximum Gasteiger partial charge on any atom is -0.00204 e. The summed E-state index contributed by atoms with van der Waals surface area (Å²) in [5.74, 6) is 0.917. The van der Waals surface area contributed by atoms with Gasteiger partial charge >= 0.3 is 0 Å². The fourth-order valence-electron chi connectivity index (χ4n) is 1.62. The molecule has 1 unspecified atom stereocenters. The van der Waals surface area contributed by atoms with E-state index in [9.17, 15) is 0 Å². The van der Waals surface area contributed by atoms with Gasteiger partial charge in [0.05, 0.1) is 0 Å². The second kappa shape index (κ2) is 5.36. The molecule has 1 rings (SSSR count). The van der Waals surface area contributed by atoms with E-state index >= 15 is 0 Å². The highest BCUT2D eigenvalue weighted by Gasteiger charge is 2.10. The third kappa shape index (κ3) is 3.57. The summed E-state index contributed by atoms with van der Waals surface area (Å²) in [6, 6.07) is 0. The summed E-state index contributed by atoms with van der Waals surface area (Å²) in [6.45, 7) is 6.12. The van der Waals surface area contributed by atoms with Gasteiger partial charge in [-0.1, -0.05) is 12.2 Å². The molecule has 0 aromatic heterocycles. The Morgan fingerprint density at radius 2 is 2.45 bits per heavy atom. The maximum absolute atomic E-state index is 3.67. The Bertz CT molecular complexity index is 112. The molecule has 0 aromatic carbocycles. The summed E-state index contributed by atoms with van der Waals surface area (Å²) in [5, 5.41) is 3.42. The largest absolute Gasteiger partial charge is 0.316 e. The Morgan fingerprint density at radius 1 is 1.55 bits per heavy atom. The Balaban J connectivity index is 2.04. The first-order valence-electron chi connectivity index (χ1n) is 4.58. The zero-order chi connectivity index (χ0) is 7.94. The minimum absolute atomic E-state index is 0.917. The second-order valence-electron chi connectivity index (χ2n) is 3.26. The topological polar surface area (TPSA) is 12.0 Å². The van der Waals surface area contributed by atoms with Crippen LogP contribution in [0.5, 0.6) is 0 Å². The Hall–Kier alpha value is -0.300. The Kier molecular flexibility index (Phi) is 4.29. The van der Waals surface area contributed by atoms with Gasteiger partial charge in [-0.3, -0.25) is 0 Å². The van der Waals surface area contributed by atoms with Crippen molar-refractivity contribution in [3.8, 4) is 0 Å². The third-order valence-corrected chi connectivity index (χ3v) is 2.31. The number of nitrogens with one attached hydrogen (secondary N) is 1. The summed E-state index contributed by atoms with van der Waals surface area (Å²) in [5.41, 5.74) is 0. The molecule has 1 N–H and O–H groups in total. The first-order valence-corrected chi connectivity index (χ1v) is 4.58. The van der Waals surface area contributed by atoms with Gasteiger partial charge in [0.25, 0.3) is 0 Å². The highest BCUT2D eigenvalue weighted by molar-refractivity contribution is 4.84. The minimum atomic E-state index is 0.917. The van der Waals surface area contributed by atoms with Gasteiger partial charge in [-0.15, -0.1) is 0 Å². The molecule has 0 spiro atoms. The van der Waals surface area contributed by atoms with Crippen LogP contribution in [0.3, 0.4) is 0 Å². The molecule has 1 nitrogen and oxygen atoms in total. The van der Waals surface area contributed by atoms with Gasteiger partial charge in [0.2, 0.25) is 0 Å². The van der Waals surface area contributed by atoms with E-state index in [-0.39, 0.29) is 0 Å². The van der Waals surface area contributed by atoms with E-state index in [2.05, 4.69) is 18.3 Å². The molecular weight excluding hydrogens is 134 g/mol. The summed E-state index contributed by atoms with van der Waals surface area (Å²) in [4.78, 5) is 0. The molecule has 1 heterocycles. The van der Waals surface area contributed by atoms with Crippen LogP contribution >= 0.6 is 0 Å². The van der Waals surface area contributed by atoms with Crippen LogP contribution in [0, 0.1) is 12.8 Å². The fourth-order valence-corrected chi connectivity index (χ4v) is 1.62. The molecule has 1 heteroatoms. The van der Waals surface area contributed by atoms with Crippen molar-refractivity contribution in [3.63, 3.8) is 0 Å². The van der Waals surface area contributed by atoms with Crippen molar-refractivity contribution in [1.29, 1.82) is 0 Å². The molecule has 1 fully saturated rings. The lowest BCUT2D eigenvalue weighted by Crippen LogP contribution is -2.29. The predicted molar refractivity (Wildman–Crippen MR) is 49.3 cm³/mol. The number of hydrogen-bond donors (Lipinski definition) is 1. The molecule has 1 aliphatic heterocycles. The SMILES string of the molecule is [CH2]C=CCCC1CCCNC1. The van der Waals surface area contributed by atoms with Crippen molar-refractivity contribution in [2.24, 2.45) is 5.92 Å². The molecule has 0 bridgehead atoms. The van der Waals surface area contributed by atoms with Crippen LogP contribution in [0.1, 0.15) is 25.7 Å². The van der Waals surface area contributed by atoms with Crippen molar-refractivity contribution in [1.82, 2.24) is 5.32 Å². The van der Waals surface area contributed by atoms with E-state index in [1.807, 2.05) is 6.08 Å². The lowest BCUT2D eigenvalue weighted by molar-refractivity contribution is 0.360. The zero-order valence-electron chi connectivity index (χ0n) is 7.18.